The summed E-state index contributed by atoms with van der Waals surface area (Å²) in [6, 6.07) is -2.28. The molecule has 0 heterocycles. The van der Waals surface area contributed by atoms with E-state index in [0.29, 0.717) is 0 Å². The van der Waals surface area contributed by atoms with E-state index in [-0.39, 0.29) is 6.42 Å². The van der Waals surface area contributed by atoms with Crippen molar-refractivity contribution in [2.24, 2.45) is 5.73 Å². The fourth-order valence-electron chi connectivity index (χ4n) is 1.06. The molecular formula is C10H17N3O6. The third-order valence-electron chi connectivity index (χ3n) is 2.29. The van der Waals surface area contributed by atoms with Gasteiger partial charge in [-0.25, -0.2) is 9.59 Å². The van der Waals surface area contributed by atoms with Gasteiger partial charge >= 0.3 is 18.0 Å². The van der Waals surface area contributed by atoms with Crippen LogP contribution in [0.5, 0.6) is 0 Å². The summed E-state index contributed by atoms with van der Waals surface area (Å²) in [5, 5.41) is 21.5. The predicted octanol–water partition coefficient (Wildman–Crippen LogP) is -1.13. The Bertz CT molecular complexity index is 393. The number of aliphatic carboxylic acids is 2. The Hall–Kier alpha value is -2.32. The van der Waals surface area contributed by atoms with E-state index in [4.69, 9.17) is 15.9 Å². The second kappa shape index (κ2) is 6.57. The van der Waals surface area contributed by atoms with Gasteiger partial charge in [0, 0.05) is 6.42 Å². The third kappa shape index (κ3) is 6.24. The highest BCUT2D eigenvalue weighted by Gasteiger charge is 2.29. The standard InChI is InChI=1S/C10H17N3O6/c1-10(2,8(11)18)13-9(19)12-5(7(16)17)3-4-6(14)15/h5H,3-4H2,1-2H3,(H2,11,18)(H,14,15)(H,16,17)(H2,12,13,19)/t5-/m0/s1. The lowest BCUT2D eigenvalue weighted by atomic mass is 10.1. The van der Waals surface area contributed by atoms with Crippen LogP contribution in [0.25, 0.3) is 0 Å². The van der Waals surface area contributed by atoms with Crippen LogP contribution < -0.4 is 16.4 Å². The van der Waals surface area contributed by atoms with Crippen molar-refractivity contribution in [1.29, 1.82) is 0 Å². The van der Waals surface area contributed by atoms with Gasteiger partial charge in [-0.3, -0.25) is 9.59 Å². The van der Waals surface area contributed by atoms with Crippen molar-refractivity contribution >= 4 is 23.9 Å². The largest absolute Gasteiger partial charge is 0.481 e. The Kier molecular flexibility index (Phi) is 5.77. The van der Waals surface area contributed by atoms with Crippen molar-refractivity contribution in [1.82, 2.24) is 10.6 Å². The van der Waals surface area contributed by atoms with Crippen molar-refractivity contribution in [2.75, 3.05) is 0 Å². The van der Waals surface area contributed by atoms with Crippen LogP contribution >= 0.6 is 0 Å². The fourth-order valence-corrected chi connectivity index (χ4v) is 1.06. The average Bonchev–Trinajstić information content (AvgIpc) is 2.22. The molecular weight excluding hydrogens is 258 g/mol. The van der Waals surface area contributed by atoms with Gasteiger partial charge in [0.25, 0.3) is 0 Å². The molecule has 0 aromatic heterocycles. The molecule has 0 bridgehead atoms. The first-order chi connectivity index (χ1) is 8.56. The zero-order chi connectivity index (χ0) is 15.2. The molecule has 6 N–H and O–H groups in total. The number of carboxylic acid groups (broad SMARTS) is 2. The first-order valence-corrected chi connectivity index (χ1v) is 5.39. The van der Waals surface area contributed by atoms with Crippen molar-refractivity contribution in [3.05, 3.63) is 0 Å². The molecule has 0 aromatic carbocycles. The van der Waals surface area contributed by atoms with E-state index in [1.807, 2.05) is 0 Å². The number of primary amides is 1. The maximum atomic E-state index is 11.5. The summed E-state index contributed by atoms with van der Waals surface area (Å²) in [7, 11) is 0. The van der Waals surface area contributed by atoms with Crippen molar-refractivity contribution in [3.63, 3.8) is 0 Å². The lowest BCUT2D eigenvalue weighted by Gasteiger charge is -2.23. The summed E-state index contributed by atoms with van der Waals surface area (Å²) in [5.41, 5.74) is 3.68. The van der Waals surface area contributed by atoms with Crippen molar-refractivity contribution in [3.8, 4) is 0 Å². The SMILES string of the molecule is CC(C)(NC(=O)N[C@@H](CCC(=O)O)C(=O)O)C(N)=O. The fraction of sp³-hybridized carbons (Fsp3) is 0.600. The van der Waals surface area contributed by atoms with Gasteiger partial charge in [-0.05, 0) is 20.3 Å². The summed E-state index contributed by atoms with van der Waals surface area (Å²) in [6.45, 7) is 2.70. The van der Waals surface area contributed by atoms with Crippen molar-refractivity contribution < 1.29 is 29.4 Å². The Morgan fingerprint density at radius 1 is 1.21 bits per heavy atom. The molecule has 3 amide bonds. The zero-order valence-corrected chi connectivity index (χ0v) is 10.6. The number of carbonyl (C=O) groups is 4. The van der Waals surface area contributed by atoms with Crippen LogP contribution in [0.3, 0.4) is 0 Å². The topological polar surface area (TPSA) is 159 Å². The summed E-state index contributed by atoms with van der Waals surface area (Å²) >= 11 is 0. The molecule has 0 aromatic rings. The number of urea groups is 1. The number of nitrogens with two attached hydrogens (primary N) is 1. The maximum absolute atomic E-state index is 11.5. The Morgan fingerprint density at radius 2 is 1.74 bits per heavy atom. The quantitative estimate of drug-likeness (QED) is 0.395. The number of rotatable bonds is 7. The van der Waals surface area contributed by atoms with Gasteiger partial charge in [0.05, 0.1) is 0 Å². The molecule has 1 atom stereocenters. The van der Waals surface area contributed by atoms with Crippen LogP contribution in [-0.4, -0.2) is 45.7 Å². The van der Waals surface area contributed by atoms with Gasteiger partial charge in [-0.2, -0.15) is 0 Å². The normalized spacial score (nSPS) is 12.3. The molecule has 19 heavy (non-hydrogen) atoms. The lowest BCUT2D eigenvalue weighted by Crippen LogP contribution is -2.58. The lowest BCUT2D eigenvalue weighted by molar-refractivity contribution is -0.140. The number of amides is 3. The summed E-state index contributed by atoms with van der Waals surface area (Å²) in [5.74, 6) is -3.33. The Labute approximate surface area is 109 Å². The predicted molar refractivity (Wildman–Crippen MR) is 63.2 cm³/mol. The van der Waals surface area contributed by atoms with Gasteiger partial charge < -0.3 is 26.6 Å². The van der Waals surface area contributed by atoms with Gasteiger partial charge in [0.1, 0.15) is 11.6 Å². The number of carboxylic acids is 2. The van der Waals surface area contributed by atoms with E-state index in [9.17, 15) is 19.2 Å². The minimum atomic E-state index is -1.37. The highest BCUT2D eigenvalue weighted by molar-refractivity contribution is 5.90. The number of hydrogen-bond acceptors (Lipinski definition) is 4. The summed E-state index contributed by atoms with van der Waals surface area (Å²) < 4.78 is 0. The van der Waals surface area contributed by atoms with E-state index in [1.54, 1.807) is 0 Å². The molecule has 9 heteroatoms. The molecule has 0 unspecified atom stereocenters. The van der Waals surface area contributed by atoms with Gasteiger partial charge in [0.15, 0.2) is 0 Å². The van der Waals surface area contributed by atoms with Gasteiger partial charge in [-0.15, -0.1) is 0 Å². The van der Waals surface area contributed by atoms with E-state index >= 15 is 0 Å². The zero-order valence-electron chi connectivity index (χ0n) is 10.6. The monoisotopic (exact) mass is 275 g/mol. The first-order valence-electron chi connectivity index (χ1n) is 5.39. The van der Waals surface area contributed by atoms with E-state index in [2.05, 4.69) is 10.6 Å². The van der Waals surface area contributed by atoms with Crippen LogP contribution in [0.15, 0.2) is 0 Å². The molecule has 9 nitrogen and oxygen atoms in total. The molecule has 0 saturated carbocycles. The molecule has 0 saturated heterocycles. The highest BCUT2D eigenvalue weighted by atomic mass is 16.4. The van der Waals surface area contributed by atoms with Crippen LogP contribution in [0.4, 0.5) is 4.79 Å². The van der Waals surface area contributed by atoms with Gasteiger partial charge in [0.2, 0.25) is 5.91 Å². The minimum absolute atomic E-state index is 0.269. The van der Waals surface area contributed by atoms with Crippen molar-refractivity contribution in [2.45, 2.75) is 38.3 Å². The van der Waals surface area contributed by atoms with E-state index < -0.39 is 41.9 Å². The maximum Gasteiger partial charge on any atom is 0.326 e. The second-order valence-electron chi connectivity index (χ2n) is 4.41. The first kappa shape index (κ1) is 16.7. The van der Waals surface area contributed by atoms with E-state index in [0.717, 1.165) is 0 Å². The molecule has 0 aliphatic heterocycles. The molecule has 108 valence electrons. The molecule has 0 spiro atoms. The smallest absolute Gasteiger partial charge is 0.326 e. The molecule has 0 fully saturated rings. The average molecular weight is 275 g/mol. The third-order valence-corrected chi connectivity index (χ3v) is 2.29. The van der Waals surface area contributed by atoms with Crippen LogP contribution in [-0.2, 0) is 14.4 Å². The van der Waals surface area contributed by atoms with Crippen LogP contribution in [0.1, 0.15) is 26.7 Å². The Balaban J connectivity index is 4.52. The molecule has 0 radical (unpaired) electrons. The molecule has 0 aliphatic rings. The minimum Gasteiger partial charge on any atom is -0.481 e. The molecule has 0 rings (SSSR count). The van der Waals surface area contributed by atoms with E-state index in [1.165, 1.54) is 13.8 Å². The number of carbonyl (C=O) groups excluding carboxylic acids is 2. The second-order valence-corrected chi connectivity index (χ2v) is 4.41. The Morgan fingerprint density at radius 3 is 2.11 bits per heavy atom. The molecule has 0 aliphatic carbocycles. The van der Waals surface area contributed by atoms with Crippen LogP contribution in [0.2, 0.25) is 0 Å². The number of hydrogen-bond donors (Lipinski definition) is 5. The summed E-state index contributed by atoms with van der Waals surface area (Å²) in [4.78, 5) is 43.6. The number of nitrogens with one attached hydrogen (secondary N) is 2. The summed E-state index contributed by atoms with van der Waals surface area (Å²) in [6.07, 6.45) is -0.675. The highest BCUT2D eigenvalue weighted by Crippen LogP contribution is 2.02. The van der Waals surface area contributed by atoms with Crippen LogP contribution in [0, 0.1) is 0 Å². The van der Waals surface area contributed by atoms with Gasteiger partial charge in [-0.1, -0.05) is 0 Å².